The molecule has 2 aliphatic heterocycles. The van der Waals surface area contributed by atoms with Gasteiger partial charge < -0.3 is 55.4 Å². The molecule has 11 heteroatoms. The highest BCUT2D eigenvalue weighted by molar-refractivity contribution is 5.64. The Hall–Kier alpha value is -5.00. The van der Waals surface area contributed by atoms with Gasteiger partial charge in [0, 0.05) is 41.2 Å². The number of fused-ring (bicyclic) bond motifs is 3. The average molecular weight is 563 g/mol. The molecule has 0 bridgehead atoms. The molecular weight excluding hydrogens is 536 g/mol. The maximum absolute atomic E-state index is 11.7. The van der Waals surface area contributed by atoms with Crippen LogP contribution in [0.1, 0.15) is 45.9 Å². The van der Waals surface area contributed by atoms with Crippen molar-refractivity contribution in [1.82, 2.24) is 0 Å². The third kappa shape index (κ3) is 4.31. The average Bonchev–Trinajstić information content (AvgIpc) is 2.92. The molecule has 0 unspecified atom stereocenters. The van der Waals surface area contributed by atoms with Gasteiger partial charge in [0.2, 0.25) is 0 Å². The lowest BCUT2D eigenvalue weighted by Crippen LogP contribution is -2.37. The number of phenolic OH excluding ortho intramolecular Hbond substituents is 7. The van der Waals surface area contributed by atoms with E-state index in [9.17, 15) is 46.0 Å². The van der Waals surface area contributed by atoms with Crippen LogP contribution in [0.5, 0.6) is 51.7 Å². The van der Waals surface area contributed by atoms with Gasteiger partial charge in [0.05, 0.1) is 6.10 Å². The van der Waals surface area contributed by atoms with Crippen molar-refractivity contribution in [3.05, 3.63) is 88.5 Å². The van der Waals surface area contributed by atoms with Crippen molar-refractivity contribution >= 4 is 0 Å². The summed E-state index contributed by atoms with van der Waals surface area (Å²) < 4.78 is 12.4. The quantitative estimate of drug-likeness (QED) is 0.166. The van der Waals surface area contributed by atoms with E-state index in [1.807, 2.05) is 0 Å². The van der Waals surface area contributed by atoms with E-state index in [1.54, 1.807) is 0 Å². The Kier molecular flexibility index (Phi) is 6.13. The van der Waals surface area contributed by atoms with Crippen LogP contribution in [0.25, 0.3) is 0 Å². The Bertz CT molecular complexity index is 1670. The lowest BCUT2D eigenvalue weighted by Gasteiger charge is -2.41. The summed E-state index contributed by atoms with van der Waals surface area (Å²) in [5.74, 6) is -3.35. The van der Waals surface area contributed by atoms with Gasteiger partial charge in [-0.2, -0.15) is 0 Å². The van der Waals surface area contributed by atoms with Gasteiger partial charge in [0.1, 0.15) is 41.0 Å². The molecule has 4 aromatic rings. The normalized spacial score (nSPS) is 23.1. The first-order valence-electron chi connectivity index (χ1n) is 12.7. The SMILES string of the molecule is Oc1ccc([C@H]2c3c(cc(O)c4c3O[C@@H](c3ccc(O)c(O)c3)[C@H](O)C4)O[C@H](c3ccc(O)c(O)c3)[C@H]2O)c(O)c1. The maximum Gasteiger partial charge on any atom is 0.157 e. The second-order valence-electron chi connectivity index (χ2n) is 10.2. The van der Waals surface area contributed by atoms with Crippen molar-refractivity contribution < 1.29 is 55.4 Å². The highest BCUT2D eigenvalue weighted by Gasteiger charge is 2.45. The minimum Gasteiger partial charge on any atom is -0.508 e. The first-order valence-corrected chi connectivity index (χ1v) is 12.7. The molecule has 212 valence electrons. The number of benzene rings is 4. The molecule has 0 aliphatic carbocycles. The topological polar surface area (TPSA) is 201 Å². The van der Waals surface area contributed by atoms with Gasteiger partial charge in [0.15, 0.2) is 29.1 Å². The van der Waals surface area contributed by atoms with E-state index >= 15 is 0 Å². The molecular formula is C30H26O11. The van der Waals surface area contributed by atoms with Crippen LogP contribution < -0.4 is 9.47 Å². The second-order valence-corrected chi connectivity index (χ2v) is 10.2. The molecule has 41 heavy (non-hydrogen) atoms. The van der Waals surface area contributed by atoms with Crippen LogP contribution in [0.4, 0.5) is 0 Å². The first-order chi connectivity index (χ1) is 19.5. The Morgan fingerprint density at radius 1 is 0.585 bits per heavy atom. The molecule has 0 saturated carbocycles. The van der Waals surface area contributed by atoms with Crippen LogP contribution in [-0.2, 0) is 6.42 Å². The molecule has 9 N–H and O–H groups in total. The lowest BCUT2D eigenvalue weighted by molar-refractivity contribution is -0.00244. The van der Waals surface area contributed by atoms with Gasteiger partial charge in [0.25, 0.3) is 0 Å². The van der Waals surface area contributed by atoms with Crippen molar-refractivity contribution in [1.29, 1.82) is 0 Å². The van der Waals surface area contributed by atoms with E-state index in [4.69, 9.17) is 9.47 Å². The molecule has 11 nitrogen and oxygen atoms in total. The van der Waals surface area contributed by atoms with E-state index in [2.05, 4.69) is 0 Å². The van der Waals surface area contributed by atoms with E-state index in [1.165, 1.54) is 54.6 Å². The molecule has 0 spiro atoms. The fourth-order valence-corrected chi connectivity index (χ4v) is 5.60. The van der Waals surface area contributed by atoms with Gasteiger partial charge in [-0.1, -0.05) is 18.2 Å². The summed E-state index contributed by atoms with van der Waals surface area (Å²) in [6.45, 7) is 0. The summed E-state index contributed by atoms with van der Waals surface area (Å²) in [4.78, 5) is 0. The summed E-state index contributed by atoms with van der Waals surface area (Å²) in [6.07, 6.45) is -4.89. The van der Waals surface area contributed by atoms with Crippen molar-refractivity contribution in [2.45, 2.75) is 36.8 Å². The van der Waals surface area contributed by atoms with Crippen LogP contribution >= 0.6 is 0 Å². The third-order valence-corrected chi connectivity index (χ3v) is 7.59. The molecule has 0 saturated heterocycles. The predicted octanol–water partition coefficient (Wildman–Crippen LogP) is 3.29. The molecule has 2 heterocycles. The van der Waals surface area contributed by atoms with Crippen LogP contribution in [0.2, 0.25) is 0 Å². The highest BCUT2D eigenvalue weighted by atomic mass is 16.5. The van der Waals surface area contributed by atoms with Crippen LogP contribution in [0.15, 0.2) is 60.7 Å². The van der Waals surface area contributed by atoms with Gasteiger partial charge in [-0.15, -0.1) is 0 Å². The van der Waals surface area contributed by atoms with Crippen molar-refractivity contribution in [2.75, 3.05) is 0 Å². The molecule has 0 radical (unpaired) electrons. The fourth-order valence-electron chi connectivity index (χ4n) is 5.60. The van der Waals surface area contributed by atoms with Crippen LogP contribution in [-0.4, -0.2) is 58.2 Å². The zero-order valence-corrected chi connectivity index (χ0v) is 21.2. The lowest BCUT2D eigenvalue weighted by atomic mass is 9.77. The number of hydrogen-bond acceptors (Lipinski definition) is 11. The van der Waals surface area contributed by atoms with Gasteiger partial charge in [-0.05, 0) is 41.5 Å². The van der Waals surface area contributed by atoms with Crippen molar-refractivity contribution in [2.24, 2.45) is 0 Å². The van der Waals surface area contributed by atoms with Gasteiger partial charge >= 0.3 is 0 Å². The Balaban J connectivity index is 1.55. The summed E-state index contributed by atoms with van der Waals surface area (Å²) in [5, 5.41) is 94.1. The fraction of sp³-hybridized carbons (Fsp3) is 0.200. The Morgan fingerprint density at radius 3 is 1.83 bits per heavy atom. The van der Waals surface area contributed by atoms with Crippen LogP contribution in [0, 0.1) is 0 Å². The molecule has 6 rings (SSSR count). The number of ether oxygens (including phenoxy) is 2. The molecule has 0 amide bonds. The summed E-state index contributed by atoms with van der Waals surface area (Å²) in [6, 6.07) is 13.0. The number of rotatable bonds is 3. The monoisotopic (exact) mass is 562 g/mol. The second kappa shape index (κ2) is 9.58. The maximum atomic E-state index is 11.7. The minimum atomic E-state index is -1.43. The zero-order chi connectivity index (χ0) is 29.2. The van der Waals surface area contributed by atoms with E-state index < -0.39 is 41.8 Å². The van der Waals surface area contributed by atoms with Gasteiger partial charge in [-0.25, -0.2) is 0 Å². The number of hydrogen-bond donors (Lipinski definition) is 9. The molecule has 5 atom stereocenters. The smallest absolute Gasteiger partial charge is 0.157 e. The van der Waals surface area contributed by atoms with Crippen molar-refractivity contribution in [3.63, 3.8) is 0 Å². The van der Waals surface area contributed by atoms with Crippen LogP contribution in [0.3, 0.4) is 0 Å². The number of aliphatic hydroxyl groups excluding tert-OH is 2. The largest absolute Gasteiger partial charge is 0.508 e. The number of phenols is 7. The Labute approximate surface area is 232 Å². The zero-order valence-electron chi connectivity index (χ0n) is 21.2. The molecule has 0 aromatic heterocycles. The van der Waals surface area contributed by atoms with E-state index in [-0.39, 0.29) is 68.9 Å². The molecule has 0 fully saturated rings. The van der Waals surface area contributed by atoms with Crippen molar-refractivity contribution in [3.8, 4) is 51.7 Å². The van der Waals surface area contributed by atoms with E-state index in [0.717, 1.165) is 6.07 Å². The predicted molar refractivity (Wildman–Crippen MR) is 142 cm³/mol. The minimum absolute atomic E-state index is 0.0743. The van der Waals surface area contributed by atoms with E-state index in [0.29, 0.717) is 5.56 Å². The summed E-state index contributed by atoms with van der Waals surface area (Å²) in [5.41, 5.74) is 1.26. The number of aromatic hydroxyl groups is 7. The molecule has 4 aromatic carbocycles. The summed E-state index contributed by atoms with van der Waals surface area (Å²) in [7, 11) is 0. The molecule has 2 aliphatic rings. The van der Waals surface area contributed by atoms with Gasteiger partial charge in [-0.3, -0.25) is 0 Å². The first kappa shape index (κ1) is 26.2. The standard InChI is InChI=1S/C30H26O11/c31-14-3-4-15(19(34)9-14)25-26-24(40-29(27(25)39)13-2-6-18(33)22(37)8-13)11-20(35)16-10-23(38)28(41-30(16)26)12-1-5-17(32)21(36)7-12/h1-9,11,23,25,27-29,31-39H,10H2/t23-,25+,27+,28+,29-/m1/s1. The highest BCUT2D eigenvalue weighted by Crippen LogP contribution is 2.56. The summed E-state index contributed by atoms with van der Waals surface area (Å²) >= 11 is 0. The number of aliphatic hydroxyl groups is 2. The third-order valence-electron chi connectivity index (χ3n) is 7.59. The Morgan fingerprint density at radius 2 is 1.22 bits per heavy atom.